The highest BCUT2D eigenvalue weighted by molar-refractivity contribution is 6.07. The molecule has 0 N–H and O–H groups in total. The molecule has 2 amide bonds. The molecule has 2 saturated heterocycles. The fraction of sp³-hybridized carbons (Fsp3) is 0.167. The van der Waals surface area contributed by atoms with Crippen molar-refractivity contribution >= 4 is 17.5 Å². The van der Waals surface area contributed by atoms with E-state index in [0.717, 1.165) is 5.56 Å². The van der Waals surface area contributed by atoms with Crippen molar-refractivity contribution in [3.05, 3.63) is 102 Å². The molecule has 0 bridgehead atoms. The van der Waals surface area contributed by atoms with Gasteiger partial charge in [0.1, 0.15) is 11.7 Å². The standard InChI is InChI=1S/C24H19FN2O3/c25-19-14-8-7-13-18(19)21-20-22(30-27(21)17-11-5-2-6-12-17)24(29)26(23(20)28)15-16-9-3-1-4-10-16/h1-14,20-22H,15H2/t20-,21-,22+/m1/s1. The number of anilines is 1. The van der Waals surface area contributed by atoms with Crippen LogP contribution in [0.3, 0.4) is 0 Å². The molecule has 6 heteroatoms. The van der Waals surface area contributed by atoms with Gasteiger partial charge in [-0.3, -0.25) is 19.3 Å². The van der Waals surface area contributed by atoms with Gasteiger partial charge in [-0.15, -0.1) is 0 Å². The van der Waals surface area contributed by atoms with Crippen LogP contribution in [-0.2, 0) is 21.0 Å². The summed E-state index contributed by atoms with van der Waals surface area (Å²) in [6.07, 6.45) is -0.981. The van der Waals surface area contributed by atoms with E-state index in [2.05, 4.69) is 0 Å². The van der Waals surface area contributed by atoms with Crippen molar-refractivity contribution in [2.24, 2.45) is 5.92 Å². The number of likely N-dealkylation sites (tertiary alicyclic amines) is 1. The molecule has 0 aromatic heterocycles. The second kappa shape index (κ2) is 7.39. The van der Waals surface area contributed by atoms with Crippen LogP contribution in [0.15, 0.2) is 84.9 Å². The van der Waals surface area contributed by atoms with Crippen LogP contribution in [0.4, 0.5) is 10.1 Å². The minimum absolute atomic E-state index is 0.171. The van der Waals surface area contributed by atoms with Gasteiger partial charge in [-0.25, -0.2) is 9.45 Å². The summed E-state index contributed by atoms with van der Waals surface area (Å²) in [5.74, 6) is -2.00. The maximum Gasteiger partial charge on any atom is 0.262 e. The monoisotopic (exact) mass is 402 g/mol. The Balaban J connectivity index is 1.54. The van der Waals surface area contributed by atoms with Crippen molar-refractivity contribution in [3.63, 3.8) is 0 Å². The second-order valence-electron chi connectivity index (χ2n) is 7.43. The molecule has 5 nitrogen and oxygen atoms in total. The van der Waals surface area contributed by atoms with E-state index >= 15 is 0 Å². The van der Waals surface area contributed by atoms with E-state index < -0.39 is 29.8 Å². The van der Waals surface area contributed by atoms with E-state index in [0.29, 0.717) is 11.3 Å². The first-order valence-corrected chi connectivity index (χ1v) is 9.80. The number of hydrogen-bond donors (Lipinski definition) is 0. The van der Waals surface area contributed by atoms with Crippen LogP contribution in [0, 0.1) is 11.7 Å². The first-order chi connectivity index (χ1) is 14.6. The van der Waals surface area contributed by atoms with Gasteiger partial charge in [-0.05, 0) is 23.8 Å². The van der Waals surface area contributed by atoms with Gasteiger partial charge in [0.2, 0.25) is 5.91 Å². The third kappa shape index (κ3) is 2.97. The van der Waals surface area contributed by atoms with Crippen LogP contribution in [0.25, 0.3) is 0 Å². The fourth-order valence-corrected chi connectivity index (χ4v) is 4.22. The summed E-state index contributed by atoms with van der Waals surface area (Å²) in [6.45, 7) is 0.171. The van der Waals surface area contributed by atoms with Crippen LogP contribution in [0.2, 0.25) is 0 Å². The minimum atomic E-state index is -0.981. The Morgan fingerprint density at radius 2 is 1.43 bits per heavy atom. The van der Waals surface area contributed by atoms with Gasteiger partial charge >= 0.3 is 0 Å². The first kappa shape index (κ1) is 18.5. The molecule has 0 saturated carbocycles. The van der Waals surface area contributed by atoms with Crippen LogP contribution in [0.5, 0.6) is 0 Å². The molecule has 2 heterocycles. The van der Waals surface area contributed by atoms with E-state index in [4.69, 9.17) is 4.84 Å². The zero-order chi connectivity index (χ0) is 20.7. The Bertz CT molecular complexity index is 1090. The zero-order valence-electron chi connectivity index (χ0n) is 16.0. The molecule has 150 valence electrons. The minimum Gasteiger partial charge on any atom is -0.275 e. The SMILES string of the molecule is O=C1[C@H]2[C@H](ON(c3ccccc3)[C@@H]2c2ccccc2F)C(=O)N1Cc1ccccc1. The first-order valence-electron chi connectivity index (χ1n) is 9.80. The van der Waals surface area contributed by atoms with E-state index in [1.807, 2.05) is 60.7 Å². The fourth-order valence-electron chi connectivity index (χ4n) is 4.22. The number of fused-ring (bicyclic) bond motifs is 1. The van der Waals surface area contributed by atoms with Crippen LogP contribution < -0.4 is 5.06 Å². The summed E-state index contributed by atoms with van der Waals surface area (Å²) in [5, 5.41) is 1.50. The topological polar surface area (TPSA) is 49.9 Å². The van der Waals surface area contributed by atoms with Crippen molar-refractivity contribution in [1.82, 2.24) is 4.90 Å². The normalized spacial score (nSPS) is 23.2. The van der Waals surface area contributed by atoms with Gasteiger partial charge in [0.05, 0.1) is 18.3 Å². The van der Waals surface area contributed by atoms with Crippen molar-refractivity contribution in [2.45, 2.75) is 18.7 Å². The molecule has 0 radical (unpaired) electrons. The number of hydrogen-bond acceptors (Lipinski definition) is 4. The quantitative estimate of drug-likeness (QED) is 0.622. The lowest BCUT2D eigenvalue weighted by Crippen LogP contribution is -2.37. The van der Waals surface area contributed by atoms with E-state index in [-0.39, 0.29) is 12.5 Å². The maximum absolute atomic E-state index is 14.8. The third-order valence-corrected chi connectivity index (χ3v) is 5.62. The van der Waals surface area contributed by atoms with Crippen molar-refractivity contribution in [2.75, 3.05) is 5.06 Å². The molecule has 30 heavy (non-hydrogen) atoms. The largest absolute Gasteiger partial charge is 0.275 e. The summed E-state index contributed by atoms with van der Waals surface area (Å²) in [7, 11) is 0. The Hall–Kier alpha value is -3.51. The number of para-hydroxylation sites is 1. The number of benzene rings is 3. The zero-order valence-corrected chi connectivity index (χ0v) is 16.0. The van der Waals surface area contributed by atoms with Crippen LogP contribution >= 0.6 is 0 Å². The van der Waals surface area contributed by atoms with E-state index in [1.54, 1.807) is 18.2 Å². The highest BCUT2D eigenvalue weighted by Gasteiger charge is 2.60. The number of amides is 2. The van der Waals surface area contributed by atoms with E-state index in [9.17, 15) is 14.0 Å². The summed E-state index contributed by atoms with van der Waals surface area (Å²) in [5.41, 5.74) is 1.84. The number of carbonyl (C=O) groups is 2. The number of rotatable bonds is 4. The molecule has 0 spiro atoms. The highest BCUT2D eigenvalue weighted by Crippen LogP contribution is 2.47. The van der Waals surface area contributed by atoms with Gasteiger partial charge in [0.25, 0.3) is 5.91 Å². The van der Waals surface area contributed by atoms with E-state index in [1.165, 1.54) is 16.0 Å². The maximum atomic E-state index is 14.8. The second-order valence-corrected chi connectivity index (χ2v) is 7.43. The Labute approximate surface area is 173 Å². The van der Waals surface area contributed by atoms with Crippen LogP contribution in [-0.4, -0.2) is 22.8 Å². The smallest absolute Gasteiger partial charge is 0.262 e. The number of nitrogens with zero attached hydrogens (tertiary/aromatic N) is 2. The molecule has 3 aromatic carbocycles. The Kier molecular flexibility index (Phi) is 4.56. The summed E-state index contributed by atoms with van der Waals surface area (Å²) in [4.78, 5) is 33.7. The van der Waals surface area contributed by atoms with Crippen LogP contribution in [0.1, 0.15) is 17.2 Å². The van der Waals surface area contributed by atoms with Crippen molar-refractivity contribution < 1.29 is 18.8 Å². The lowest BCUT2D eigenvalue weighted by Gasteiger charge is -2.29. The summed E-state index contributed by atoms with van der Waals surface area (Å²) in [6, 6.07) is 24.0. The molecule has 2 fully saturated rings. The Morgan fingerprint density at radius 1 is 0.800 bits per heavy atom. The lowest BCUT2D eigenvalue weighted by atomic mass is 9.90. The number of carbonyl (C=O) groups excluding carboxylic acids is 2. The molecule has 5 rings (SSSR count). The van der Waals surface area contributed by atoms with Gasteiger partial charge in [0.15, 0.2) is 6.10 Å². The number of imide groups is 1. The molecule has 2 aliphatic rings. The highest BCUT2D eigenvalue weighted by atomic mass is 19.1. The molecule has 0 aliphatic carbocycles. The van der Waals surface area contributed by atoms with Gasteiger partial charge < -0.3 is 0 Å². The average Bonchev–Trinajstić information content (AvgIpc) is 3.27. The van der Waals surface area contributed by atoms with Gasteiger partial charge in [-0.1, -0.05) is 66.7 Å². The van der Waals surface area contributed by atoms with Crippen molar-refractivity contribution in [3.8, 4) is 0 Å². The van der Waals surface area contributed by atoms with Gasteiger partial charge in [0, 0.05) is 5.56 Å². The lowest BCUT2D eigenvalue weighted by molar-refractivity contribution is -0.143. The average molecular weight is 402 g/mol. The number of halogens is 1. The molecular weight excluding hydrogens is 383 g/mol. The molecule has 3 atom stereocenters. The third-order valence-electron chi connectivity index (χ3n) is 5.62. The predicted octanol–water partition coefficient (Wildman–Crippen LogP) is 3.87. The Morgan fingerprint density at radius 3 is 2.13 bits per heavy atom. The summed E-state index contributed by atoms with van der Waals surface area (Å²) < 4.78 is 14.8. The predicted molar refractivity (Wildman–Crippen MR) is 108 cm³/mol. The molecule has 3 aromatic rings. The van der Waals surface area contributed by atoms with Gasteiger partial charge in [-0.2, -0.15) is 0 Å². The molecule has 2 aliphatic heterocycles. The molecule has 0 unspecified atom stereocenters. The summed E-state index contributed by atoms with van der Waals surface area (Å²) >= 11 is 0. The number of hydroxylamine groups is 1. The molecular formula is C24H19FN2O3. The van der Waals surface area contributed by atoms with Crippen molar-refractivity contribution in [1.29, 1.82) is 0 Å².